The average molecular weight is 397 g/mol. The number of cyclic esters (lactones) is 1. The molecule has 1 saturated heterocycles. The summed E-state index contributed by atoms with van der Waals surface area (Å²) in [5.74, 6) is 1.40. The maximum absolute atomic E-state index is 12.0. The number of hydrogen-bond acceptors (Lipinski definition) is 7. The SMILES string of the molecule is CCC(C)C1COC(=O)N1CCCSc1nsnc1C1=CCCN(C)C1. The number of ether oxygens (including phenoxy) is 1. The quantitative estimate of drug-likeness (QED) is 0.494. The maximum atomic E-state index is 12.0. The summed E-state index contributed by atoms with van der Waals surface area (Å²) in [6.07, 6.45) is 5.19. The number of amides is 1. The Morgan fingerprint density at radius 1 is 1.46 bits per heavy atom. The van der Waals surface area contributed by atoms with Gasteiger partial charge in [-0.25, -0.2) is 4.79 Å². The molecule has 2 atom stereocenters. The van der Waals surface area contributed by atoms with Gasteiger partial charge in [0.1, 0.15) is 17.3 Å². The molecular formula is C18H28N4O2S2. The first-order chi connectivity index (χ1) is 12.6. The molecule has 3 rings (SSSR count). The summed E-state index contributed by atoms with van der Waals surface area (Å²) in [5.41, 5.74) is 2.33. The Morgan fingerprint density at radius 3 is 3.08 bits per heavy atom. The molecule has 0 N–H and O–H groups in total. The number of carbonyl (C=O) groups excluding carboxylic acids is 1. The minimum Gasteiger partial charge on any atom is -0.447 e. The van der Waals surface area contributed by atoms with Gasteiger partial charge in [0.2, 0.25) is 0 Å². The van der Waals surface area contributed by atoms with Crippen LogP contribution in [-0.2, 0) is 4.74 Å². The van der Waals surface area contributed by atoms with Crippen molar-refractivity contribution in [3.05, 3.63) is 11.8 Å². The molecule has 1 aromatic heterocycles. The number of rotatable bonds is 8. The molecule has 0 radical (unpaired) electrons. The van der Waals surface area contributed by atoms with Crippen LogP contribution in [0.4, 0.5) is 4.79 Å². The zero-order valence-corrected chi connectivity index (χ0v) is 17.4. The van der Waals surface area contributed by atoms with E-state index in [1.165, 1.54) is 17.3 Å². The molecule has 26 heavy (non-hydrogen) atoms. The third-order valence-electron chi connectivity index (χ3n) is 5.20. The Kier molecular flexibility index (Phi) is 6.94. The number of likely N-dealkylation sites (N-methyl/N-ethyl adjacent to an activating group) is 1. The van der Waals surface area contributed by atoms with Gasteiger partial charge in [0.05, 0.1) is 17.8 Å². The number of thioether (sulfide) groups is 1. The van der Waals surface area contributed by atoms with Gasteiger partial charge >= 0.3 is 6.09 Å². The van der Waals surface area contributed by atoms with Crippen molar-refractivity contribution >= 4 is 35.2 Å². The molecule has 3 heterocycles. The predicted molar refractivity (Wildman–Crippen MR) is 107 cm³/mol. The minimum atomic E-state index is -0.160. The summed E-state index contributed by atoms with van der Waals surface area (Å²) in [4.78, 5) is 16.2. The van der Waals surface area contributed by atoms with Crippen LogP contribution in [0.15, 0.2) is 11.1 Å². The lowest BCUT2D eigenvalue weighted by Gasteiger charge is -2.25. The van der Waals surface area contributed by atoms with Crippen LogP contribution in [0.1, 0.15) is 38.8 Å². The van der Waals surface area contributed by atoms with Crippen molar-refractivity contribution in [3.63, 3.8) is 0 Å². The highest BCUT2D eigenvalue weighted by molar-refractivity contribution is 7.99. The van der Waals surface area contributed by atoms with Crippen LogP contribution in [-0.4, -0.2) is 69.7 Å². The molecule has 0 aromatic carbocycles. The lowest BCUT2D eigenvalue weighted by Crippen LogP contribution is -2.38. The fourth-order valence-corrected chi connectivity index (χ4v) is 5.04. The molecule has 144 valence electrons. The van der Waals surface area contributed by atoms with Crippen molar-refractivity contribution in [2.24, 2.45) is 5.92 Å². The smallest absolute Gasteiger partial charge is 0.410 e. The molecular weight excluding hydrogens is 368 g/mol. The number of nitrogens with zero attached hydrogens (tertiary/aromatic N) is 4. The van der Waals surface area contributed by atoms with Crippen LogP contribution in [0, 0.1) is 5.92 Å². The Hall–Kier alpha value is -1.12. The average Bonchev–Trinajstić information content (AvgIpc) is 3.25. The molecule has 8 heteroatoms. The molecule has 0 bridgehead atoms. The van der Waals surface area contributed by atoms with Gasteiger partial charge in [-0.1, -0.05) is 26.3 Å². The van der Waals surface area contributed by atoms with Gasteiger partial charge in [-0.15, -0.1) is 11.8 Å². The van der Waals surface area contributed by atoms with Crippen LogP contribution in [0.25, 0.3) is 5.57 Å². The topological polar surface area (TPSA) is 58.6 Å². The first-order valence-corrected chi connectivity index (χ1v) is 11.1. The normalized spacial score (nSPS) is 22.4. The summed E-state index contributed by atoms with van der Waals surface area (Å²) in [6.45, 7) is 7.68. The molecule has 0 saturated carbocycles. The van der Waals surface area contributed by atoms with Gasteiger partial charge in [0, 0.05) is 25.4 Å². The standard InChI is InChI=1S/C18H28N4O2S2/c1-4-13(2)15-12-24-18(23)22(15)9-6-10-25-17-16(19-26-20-17)14-7-5-8-21(3)11-14/h7,13,15H,4-6,8-12H2,1-3H3. The zero-order valence-electron chi connectivity index (χ0n) is 15.8. The molecule has 1 fully saturated rings. The largest absolute Gasteiger partial charge is 0.447 e. The van der Waals surface area contributed by atoms with Crippen LogP contribution >= 0.6 is 23.5 Å². The third kappa shape index (κ3) is 4.58. The van der Waals surface area contributed by atoms with Gasteiger partial charge in [0.15, 0.2) is 0 Å². The number of hydrogen-bond donors (Lipinski definition) is 0. The highest BCUT2D eigenvalue weighted by Crippen LogP contribution is 2.29. The fraction of sp³-hybridized carbons (Fsp3) is 0.722. The second kappa shape index (κ2) is 9.19. The molecule has 6 nitrogen and oxygen atoms in total. The summed E-state index contributed by atoms with van der Waals surface area (Å²) in [7, 11) is 2.14. The van der Waals surface area contributed by atoms with E-state index < -0.39 is 0 Å². The molecule has 1 amide bonds. The summed E-state index contributed by atoms with van der Waals surface area (Å²) in [5, 5.41) is 1.03. The van der Waals surface area contributed by atoms with Crippen molar-refractivity contribution in [2.75, 3.05) is 39.0 Å². The molecule has 0 aliphatic carbocycles. The van der Waals surface area contributed by atoms with E-state index >= 15 is 0 Å². The number of carbonyl (C=O) groups is 1. The highest BCUT2D eigenvalue weighted by Gasteiger charge is 2.35. The van der Waals surface area contributed by atoms with Gasteiger partial charge in [-0.05, 0) is 31.4 Å². The van der Waals surface area contributed by atoms with Crippen molar-refractivity contribution in [1.29, 1.82) is 0 Å². The summed E-state index contributed by atoms with van der Waals surface area (Å²) < 4.78 is 14.3. The van der Waals surface area contributed by atoms with E-state index in [1.54, 1.807) is 11.8 Å². The Balaban J connectivity index is 1.51. The van der Waals surface area contributed by atoms with E-state index in [0.29, 0.717) is 12.5 Å². The number of aromatic nitrogens is 2. The van der Waals surface area contributed by atoms with E-state index in [4.69, 9.17) is 4.74 Å². The highest BCUT2D eigenvalue weighted by atomic mass is 32.2. The Morgan fingerprint density at radius 2 is 2.31 bits per heavy atom. The van der Waals surface area contributed by atoms with E-state index in [2.05, 4.69) is 40.6 Å². The summed E-state index contributed by atoms with van der Waals surface area (Å²) >= 11 is 3.03. The molecule has 2 aliphatic rings. The van der Waals surface area contributed by atoms with Gasteiger partial charge in [-0.2, -0.15) is 8.75 Å². The van der Waals surface area contributed by atoms with Crippen molar-refractivity contribution in [3.8, 4) is 0 Å². The van der Waals surface area contributed by atoms with Gasteiger partial charge < -0.3 is 14.5 Å². The lowest BCUT2D eigenvalue weighted by molar-refractivity contribution is 0.156. The van der Waals surface area contributed by atoms with Crippen LogP contribution in [0.2, 0.25) is 0 Å². The Bertz CT molecular complexity index is 649. The fourth-order valence-electron chi connectivity index (χ4n) is 3.41. The van der Waals surface area contributed by atoms with E-state index in [1.807, 2.05) is 4.90 Å². The van der Waals surface area contributed by atoms with E-state index in [0.717, 1.165) is 55.4 Å². The Labute approximate surface area is 164 Å². The van der Waals surface area contributed by atoms with E-state index in [-0.39, 0.29) is 12.1 Å². The molecule has 2 aliphatic heterocycles. The second-order valence-electron chi connectivity index (χ2n) is 7.10. The van der Waals surface area contributed by atoms with Gasteiger partial charge in [0.25, 0.3) is 0 Å². The van der Waals surface area contributed by atoms with Crippen molar-refractivity contribution in [1.82, 2.24) is 18.5 Å². The molecule has 2 unspecified atom stereocenters. The first kappa shape index (κ1) is 19.6. The lowest BCUT2D eigenvalue weighted by atomic mass is 9.99. The summed E-state index contributed by atoms with van der Waals surface area (Å²) in [6, 6.07) is 0.219. The van der Waals surface area contributed by atoms with Crippen LogP contribution < -0.4 is 0 Å². The molecule has 1 aromatic rings. The maximum Gasteiger partial charge on any atom is 0.410 e. The van der Waals surface area contributed by atoms with Gasteiger partial charge in [-0.3, -0.25) is 0 Å². The van der Waals surface area contributed by atoms with Crippen LogP contribution in [0.5, 0.6) is 0 Å². The monoisotopic (exact) mass is 396 g/mol. The zero-order chi connectivity index (χ0) is 18.5. The second-order valence-corrected chi connectivity index (χ2v) is 8.71. The first-order valence-electron chi connectivity index (χ1n) is 9.36. The van der Waals surface area contributed by atoms with Crippen LogP contribution in [0.3, 0.4) is 0 Å². The molecule has 0 spiro atoms. The van der Waals surface area contributed by atoms with Crippen molar-refractivity contribution in [2.45, 2.75) is 44.2 Å². The van der Waals surface area contributed by atoms with Crippen molar-refractivity contribution < 1.29 is 9.53 Å². The predicted octanol–water partition coefficient (Wildman–Crippen LogP) is 3.61. The van der Waals surface area contributed by atoms with E-state index in [9.17, 15) is 4.79 Å². The third-order valence-corrected chi connectivity index (χ3v) is 6.89. The minimum absolute atomic E-state index is 0.160.